The lowest BCUT2D eigenvalue weighted by Crippen LogP contribution is -2.26. The fourth-order valence-corrected chi connectivity index (χ4v) is 2.16. The summed E-state index contributed by atoms with van der Waals surface area (Å²) in [4.78, 5) is 12.2. The Balaban J connectivity index is 2.14. The van der Waals surface area contributed by atoms with Gasteiger partial charge in [0.1, 0.15) is 11.5 Å². The average molecular weight is 306 g/mol. The lowest BCUT2D eigenvalue weighted by Gasteiger charge is -2.15. The number of hydrogen-bond acceptors (Lipinski definition) is 3. The maximum atomic E-state index is 12.2. The number of ether oxygens (including phenoxy) is 1. The van der Waals surface area contributed by atoms with Crippen LogP contribution in [0.4, 0.5) is 0 Å². The summed E-state index contributed by atoms with van der Waals surface area (Å²) in [6, 6.07) is 11.6. The van der Waals surface area contributed by atoms with E-state index in [0.717, 1.165) is 5.56 Å². The van der Waals surface area contributed by atoms with Crippen LogP contribution in [-0.2, 0) is 0 Å². The van der Waals surface area contributed by atoms with Crippen LogP contribution >= 0.6 is 11.6 Å². The number of nitrogens with one attached hydrogen (secondary N) is 1. The molecule has 0 fully saturated rings. The van der Waals surface area contributed by atoms with E-state index in [2.05, 4.69) is 5.32 Å². The van der Waals surface area contributed by atoms with Crippen molar-refractivity contribution in [1.82, 2.24) is 5.32 Å². The quantitative estimate of drug-likeness (QED) is 0.908. The summed E-state index contributed by atoms with van der Waals surface area (Å²) in [5.41, 5.74) is 1.09. The Bertz CT molecular complexity index is 658. The zero-order valence-electron chi connectivity index (χ0n) is 11.8. The second-order valence-electron chi connectivity index (χ2n) is 4.63. The van der Waals surface area contributed by atoms with Crippen molar-refractivity contribution in [2.24, 2.45) is 0 Å². The first-order valence-electron chi connectivity index (χ1n) is 6.44. The molecule has 2 aromatic rings. The third-order valence-electron chi connectivity index (χ3n) is 3.15. The van der Waals surface area contributed by atoms with Gasteiger partial charge in [0.2, 0.25) is 0 Å². The van der Waals surface area contributed by atoms with Crippen LogP contribution in [0.1, 0.15) is 28.9 Å². The second kappa shape index (κ2) is 6.50. The van der Waals surface area contributed by atoms with Crippen molar-refractivity contribution in [1.29, 1.82) is 0 Å². The van der Waals surface area contributed by atoms with E-state index < -0.39 is 0 Å². The van der Waals surface area contributed by atoms with Crippen LogP contribution in [0.15, 0.2) is 42.5 Å². The fraction of sp³-hybridized carbons (Fsp3) is 0.188. The van der Waals surface area contributed by atoms with Gasteiger partial charge >= 0.3 is 0 Å². The van der Waals surface area contributed by atoms with Gasteiger partial charge in [-0.25, -0.2) is 0 Å². The average Bonchev–Trinajstić information content (AvgIpc) is 2.46. The summed E-state index contributed by atoms with van der Waals surface area (Å²) in [6.07, 6.45) is 0. The van der Waals surface area contributed by atoms with Crippen LogP contribution in [0.3, 0.4) is 0 Å². The highest BCUT2D eigenvalue weighted by Gasteiger charge is 2.15. The van der Waals surface area contributed by atoms with E-state index in [4.69, 9.17) is 16.3 Å². The number of carbonyl (C=O) groups is 1. The third-order valence-corrected chi connectivity index (χ3v) is 3.38. The second-order valence-corrected chi connectivity index (χ2v) is 5.07. The zero-order chi connectivity index (χ0) is 15.4. The molecule has 0 heterocycles. The lowest BCUT2D eigenvalue weighted by atomic mass is 10.1. The van der Waals surface area contributed by atoms with Crippen LogP contribution in [0.25, 0.3) is 0 Å². The van der Waals surface area contributed by atoms with Gasteiger partial charge in [-0.2, -0.15) is 0 Å². The maximum absolute atomic E-state index is 12.2. The van der Waals surface area contributed by atoms with Crippen molar-refractivity contribution in [2.75, 3.05) is 7.11 Å². The summed E-state index contributed by atoms with van der Waals surface area (Å²) in [7, 11) is 1.50. The number of benzene rings is 2. The molecule has 0 aliphatic rings. The Labute approximate surface area is 128 Å². The normalized spacial score (nSPS) is 11.8. The number of methoxy groups -OCH3 is 1. The van der Waals surface area contributed by atoms with Crippen LogP contribution in [0.2, 0.25) is 5.02 Å². The van der Waals surface area contributed by atoms with Gasteiger partial charge in [0.25, 0.3) is 5.91 Å². The lowest BCUT2D eigenvalue weighted by molar-refractivity contribution is 0.0937. The smallest absolute Gasteiger partial charge is 0.255 e. The molecule has 5 heteroatoms. The Morgan fingerprint density at radius 2 is 2.05 bits per heavy atom. The molecule has 4 nitrogen and oxygen atoms in total. The highest BCUT2D eigenvalue weighted by atomic mass is 35.5. The number of phenols is 1. The molecule has 1 unspecified atom stereocenters. The third kappa shape index (κ3) is 3.67. The van der Waals surface area contributed by atoms with Gasteiger partial charge in [-0.3, -0.25) is 4.79 Å². The van der Waals surface area contributed by atoms with E-state index >= 15 is 0 Å². The van der Waals surface area contributed by atoms with Gasteiger partial charge in [-0.1, -0.05) is 23.7 Å². The highest BCUT2D eigenvalue weighted by molar-refractivity contribution is 6.30. The number of rotatable bonds is 4. The molecule has 0 spiro atoms. The fourth-order valence-electron chi connectivity index (χ4n) is 1.96. The molecule has 0 radical (unpaired) electrons. The molecule has 0 saturated carbocycles. The molecule has 2 N–H and O–H groups in total. The van der Waals surface area contributed by atoms with Crippen molar-refractivity contribution >= 4 is 17.5 Å². The zero-order valence-corrected chi connectivity index (χ0v) is 12.5. The monoisotopic (exact) mass is 305 g/mol. The first-order chi connectivity index (χ1) is 10.0. The number of halogens is 1. The van der Waals surface area contributed by atoms with Crippen LogP contribution in [0, 0.1) is 0 Å². The van der Waals surface area contributed by atoms with Gasteiger partial charge in [0.05, 0.1) is 18.7 Å². The van der Waals surface area contributed by atoms with Crippen molar-refractivity contribution in [3.63, 3.8) is 0 Å². The minimum Gasteiger partial charge on any atom is -0.507 e. The molecule has 0 aromatic heterocycles. The van der Waals surface area contributed by atoms with E-state index in [9.17, 15) is 9.90 Å². The minimum atomic E-state index is -0.359. The van der Waals surface area contributed by atoms with Crippen molar-refractivity contribution in [2.45, 2.75) is 13.0 Å². The first-order valence-corrected chi connectivity index (χ1v) is 6.82. The topological polar surface area (TPSA) is 58.6 Å². The number of hydrogen-bond donors (Lipinski definition) is 2. The van der Waals surface area contributed by atoms with Crippen molar-refractivity contribution < 1.29 is 14.6 Å². The van der Waals surface area contributed by atoms with Gasteiger partial charge in [0.15, 0.2) is 0 Å². The molecule has 0 saturated heterocycles. The van der Waals surface area contributed by atoms with Gasteiger partial charge in [-0.05, 0) is 36.8 Å². The molecule has 2 rings (SSSR count). The molecule has 0 aliphatic heterocycles. The van der Waals surface area contributed by atoms with Gasteiger partial charge in [0, 0.05) is 11.1 Å². The molecule has 1 amide bonds. The van der Waals surface area contributed by atoms with Gasteiger partial charge < -0.3 is 15.2 Å². The van der Waals surface area contributed by atoms with E-state index in [-0.39, 0.29) is 23.3 Å². The van der Waals surface area contributed by atoms with E-state index in [0.29, 0.717) is 10.8 Å². The highest BCUT2D eigenvalue weighted by Crippen LogP contribution is 2.24. The van der Waals surface area contributed by atoms with E-state index in [1.165, 1.54) is 19.2 Å². The number of carbonyl (C=O) groups excluding carboxylic acids is 1. The van der Waals surface area contributed by atoms with Crippen molar-refractivity contribution in [3.05, 3.63) is 58.6 Å². The van der Waals surface area contributed by atoms with Crippen LogP contribution in [0.5, 0.6) is 11.5 Å². The van der Waals surface area contributed by atoms with E-state index in [1.807, 2.05) is 19.1 Å². The first kappa shape index (κ1) is 15.2. The van der Waals surface area contributed by atoms with E-state index in [1.54, 1.807) is 18.2 Å². The Morgan fingerprint density at radius 3 is 2.67 bits per heavy atom. The number of amides is 1. The predicted molar refractivity (Wildman–Crippen MR) is 82.0 cm³/mol. The Hall–Kier alpha value is -2.20. The van der Waals surface area contributed by atoms with Crippen LogP contribution < -0.4 is 10.1 Å². The summed E-state index contributed by atoms with van der Waals surface area (Å²) < 4.78 is 4.99. The predicted octanol–water partition coefficient (Wildman–Crippen LogP) is 3.55. The standard InChI is InChI=1S/C16H16ClNO3/c1-10(11-4-3-5-12(17)8-11)18-16(20)14-7-6-13(21-2)9-15(14)19/h3-10,19H,1-2H3,(H,18,20). The van der Waals surface area contributed by atoms with Gasteiger partial charge in [-0.15, -0.1) is 0 Å². The summed E-state index contributed by atoms with van der Waals surface area (Å²) in [6.45, 7) is 1.85. The maximum Gasteiger partial charge on any atom is 0.255 e. The molecular formula is C16H16ClNO3. The Kier molecular flexibility index (Phi) is 4.70. The molecule has 0 bridgehead atoms. The summed E-state index contributed by atoms with van der Waals surface area (Å²) in [5, 5.41) is 13.3. The molecule has 2 aromatic carbocycles. The number of aromatic hydroxyl groups is 1. The SMILES string of the molecule is COc1ccc(C(=O)NC(C)c2cccc(Cl)c2)c(O)c1. The molecule has 110 valence electrons. The summed E-state index contributed by atoms with van der Waals surface area (Å²) >= 11 is 5.93. The summed E-state index contributed by atoms with van der Waals surface area (Å²) in [5.74, 6) is 0.0136. The number of phenolic OH excluding ortho intramolecular Hbond substituents is 1. The molecular weight excluding hydrogens is 290 g/mol. The Morgan fingerprint density at radius 1 is 1.29 bits per heavy atom. The molecule has 21 heavy (non-hydrogen) atoms. The largest absolute Gasteiger partial charge is 0.507 e. The van der Waals surface area contributed by atoms with Crippen LogP contribution in [-0.4, -0.2) is 18.1 Å². The molecule has 0 aliphatic carbocycles. The molecule has 1 atom stereocenters. The van der Waals surface area contributed by atoms with Crippen molar-refractivity contribution in [3.8, 4) is 11.5 Å². The minimum absolute atomic E-state index is 0.120.